The first-order chi connectivity index (χ1) is 8.90. The van der Waals surface area contributed by atoms with Crippen LogP contribution in [0.1, 0.15) is 25.8 Å². The smallest absolute Gasteiger partial charge is 0.240 e. The van der Waals surface area contributed by atoms with Gasteiger partial charge in [0.1, 0.15) is 5.75 Å². The van der Waals surface area contributed by atoms with Crippen LogP contribution in [0.2, 0.25) is 0 Å². The van der Waals surface area contributed by atoms with E-state index in [2.05, 4.69) is 4.72 Å². The molecule has 0 spiro atoms. The highest BCUT2D eigenvalue weighted by atomic mass is 32.2. The highest BCUT2D eigenvalue weighted by molar-refractivity contribution is 7.89. The minimum absolute atomic E-state index is 0.140. The van der Waals surface area contributed by atoms with Gasteiger partial charge in [0.25, 0.3) is 0 Å². The molecule has 0 aromatic heterocycles. The Bertz CT molecular complexity index is 511. The SMILES string of the molecule is COc1ccc(S(=O)(=O)NCCC(C)C)cc1CO. The Kier molecular flexibility index (Phi) is 5.78. The quantitative estimate of drug-likeness (QED) is 0.797. The van der Waals surface area contributed by atoms with Crippen LogP contribution in [0.3, 0.4) is 0 Å². The number of hydrogen-bond donors (Lipinski definition) is 2. The molecular weight excluding hydrogens is 266 g/mol. The zero-order valence-corrected chi connectivity index (χ0v) is 12.3. The summed E-state index contributed by atoms with van der Waals surface area (Å²) >= 11 is 0. The first-order valence-corrected chi connectivity index (χ1v) is 7.66. The van der Waals surface area contributed by atoms with Gasteiger partial charge in [-0.25, -0.2) is 13.1 Å². The lowest BCUT2D eigenvalue weighted by atomic mass is 10.1. The van der Waals surface area contributed by atoms with Crippen LogP contribution in [-0.4, -0.2) is 27.2 Å². The van der Waals surface area contributed by atoms with E-state index in [9.17, 15) is 13.5 Å². The Morgan fingerprint density at radius 1 is 1.37 bits per heavy atom. The summed E-state index contributed by atoms with van der Waals surface area (Å²) < 4.78 is 31.7. The van der Waals surface area contributed by atoms with Crippen LogP contribution in [0.15, 0.2) is 23.1 Å². The number of hydrogen-bond acceptors (Lipinski definition) is 4. The van der Waals surface area contributed by atoms with Crippen molar-refractivity contribution in [2.24, 2.45) is 5.92 Å². The largest absolute Gasteiger partial charge is 0.496 e. The second-order valence-corrected chi connectivity index (χ2v) is 6.48. The molecule has 0 atom stereocenters. The monoisotopic (exact) mass is 287 g/mol. The average Bonchev–Trinajstić information content (AvgIpc) is 2.37. The fraction of sp³-hybridized carbons (Fsp3) is 0.538. The normalized spacial score (nSPS) is 11.8. The molecule has 5 nitrogen and oxygen atoms in total. The van der Waals surface area contributed by atoms with E-state index in [1.807, 2.05) is 13.8 Å². The summed E-state index contributed by atoms with van der Waals surface area (Å²) in [7, 11) is -2.05. The van der Waals surface area contributed by atoms with Gasteiger partial charge in [-0.15, -0.1) is 0 Å². The van der Waals surface area contributed by atoms with Crippen molar-refractivity contribution in [1.82, 2.24) is 4.72 Å². The lowest BCUT2D eigenvalue weighted by Crippen LogP contribution is -2.25. The predicted octanol–water partition coefficient (Wildman–Crippen LogP) is 1.51. The third kappa shape index (κ3) is 4.49. The summed E-state index contributed by atoms with van der Waals surface area (Å²) in [5, 5.41) is 9.19. The van der Waals surface area contributed by atoms with Crippen molar-refractivity contribution in [3.8, 4) is 5.75 Å². The molecular formula is C13H21NO4S. The molecule has 0 aliphatic rings. The third-order valence-electron chi connectivity index (χ3n) is 2.75. The lowest BCUT2D eigenvalue weighted by Gasteiger charge is -2.11. The van der Waals surface area contributed by atoms with Crippen molar-refractivity contribution in [3.63, 3.8) is 0 Å². The molecule has 2 N–H and O–H groups in total. The molecule has 0 unspecified atom stereocenters. The zero-order chi connectivity index (χ0) is 14.5. The summed E-state index contributed by atoms with van der Waals surface area (Å²) in [5.41, 5.74) is 0.453. The molecule has 1 rings (SSSR count). The Morgan fingerprint density at radius 3 is 2.58 bits per heavy atom. The second-order valence-electron chi connectivity index (χ2n) is 4.71. The Balaban J connectivity index is 2.89. The molecule has 0 aliphatic heterocycles. The Labute approximate surface area is 114 Å². The predicted molar refractivity (Wildman–Crippen MR) is 73.6 cm³/mol. The fourth-order valence-electron chi connectivity index (χ4n) is 1.61. The van der Waals surface area contributed by atoms with E-state index in [0.717, 1.165) is 6.42 Å². The first kappa shape index (κ1) is 15.9. The standard InChI is InChI=1S/C13H21NO4S/c1-10(2)6-7-14-19(16,17)12-4-5-13(18-3)11(8-12)9-15/h4-5,8,10,14-15H,6-7,9H2,1-3H3. The Morgan fingerprint density at radius 2 is 2.05 bits per heavy atom. The van der Waals surface area contributed by atoms with Gasteiger partial charge in [-0.1, -0.05) is 13.8 Å². The van der Waals surface area contributed by atoms with Crippen LogP contribution in [0.5, 0.6) is 5.75 Å². The number of aliphatic hydroxyl groups excluding tert-OH is 1. The van der Waals surface area contributed by atoms with Crippen molar-refractivity contribution in [3.05, 3.63) is 23.8 Å². The van der Waals surface area contributed by atoms with Crippen LogP contribution in [0, 0.1) is 5.92 Å². The first-order valence-electron chi connectivity index (χ1n) is 6.18. The minimum Gasteiger partial charge on any atom is -0.496 e. The third-order valence-corrected chi connectivity index (χ3v) is 4.20. The minimum atomic E-state index is -3.53. The molecule has 0 heterocycles. The van der Waals surface area contributed by atoms with Crippen LogP contribution < -0.4 is 9.46 Å². The number of rotatable bonds is 7. The van der Waals surface area contributed by atoms with E-state index >= 15 is 0 Å². The van der Waals surface area contributed by atoms with E-state index in [4.69, 9.17) is 4.74 Å². The van der Waals surface area contributed by atoms with Crippen molar-refractivity contribution in [1.29, 1.82) is 0 Å². The molecule has 19 heavy (non-hydrogen) atoms. The van der Waals surface area contributed by atoms with E-state index in [1.165, 1.54) is 19.2 Å². The topological polar surface area (TPSA) is 75.6 Å². The van der Waals surface area contributed by atoms with E-state index in [-0.39, 0.29) is 11.5 Å². The van der Waals surface area contributed by atoms with Gasteiger partial charge in [-0.3, -0.25) is 0 Å². The van der Waals surface area contributed by atoms with Crippen molar-refractivity contribution in [2.45, 2.75) is 31.8 Å². The molecule has 0 saturated heterocycles. The highest BCUT2D eigenvalue weighted by Crippen LogP contribution is 2.22. The molecule has 0 saturated carbocycles. The van der Waals surface area contributed by atoms with Crippen LogP contribution in [-0.2, 0) is 16.6 Å². The summed E-state index contributed by atoms with van der Waals surface area (Å²) in [6.07, 6.45) is 0.780. The molecule has 0 aliphatic carbocycles. The molecule has 0 radical (unpaired) electrons. The number of nitrogens with one attached hydrogen (secondary N) is 1. The highest BCUT2D eigenvalue weighted by Gasteiger charge is 2.15. The fourth-order valence-corrected chi connectivity index (χ4v) is 2.71. The molecule has 0 amide bonds. The van der Waals surface area contributed by atoms with Crippen molar-refractivity contribution < 1.29 is 18.3 Å². The molecule has 108 valence electrons. The molecule has 6 heteroatoms. The van der Waals surface area contributed by atoms with Crippen molar-refractivity contribution in [2.75, 3.05) is 13.7 Å². The van der Waals surface area contributed by atoms with Gasteiger partial charge in [0.15, 0.2) is 0 Å². The van der Waals surface area contributed by atoms with E-state index < -0.39 is 10.0 Å². The summed E-state index contributed by atoms with van der Waals surface area (Å²) in [6, 6.07) is 4.44. The zero-order valence-electron chi connectivity index (χ0n) is 11.5. The van der Waals surface area contributed by atoms with E-state index in [1.54, 1.807) is 6.07 Å². The molecule has 1 aromatic carbocycles. The van der Waals surface area contributed by atoms with Gasteiger partial charge in [-0.2, -0.15) is 0 Å². The maximum absolute atomic E-state index is 12.0. The van der Waals surface area contributed by atoms with Gasteiger partial charge in [0.05, 0.1) is 18.6 Å². The van der Waals surface area contributed by atoms with Gasteiger partial charge in [-0.05, 0) is 30.5 Å². The Hall–Kier alpha value is -1.11. The molecule has 0 bridgehead atoms. The maximum Gasteiger partial charge on any atom is 0.240 e. The maximum atomic E-state index is 12.0. The number of benzene rings is 1. The van der Waals surface area contributed by atoms with Crippen molar-refractivity contribution >= 4 is 10.0 Å². The lowest BCUT2D eigenvalue weighted by molar-refractivity contribution is 0.273. The number of aliphatic hydroxyl groups is 1. The van der Waals surface area contributed by atoms with Crippen LogP contribution in [0.4, 0.5) is 0 Å². The summed E-state index contributed by atoms with van der Waals surface area (Å²) in [6.45, 7) is 4.20. The summed E-state index contributed by atoms with van der Waals surface area (Å²) in [5.74, 6) is 0.912. The second kappa shape index (κ2) is 6.88. The number of sulfonamides is 1. The van der Waals surface area contributed by atoms with Gasteiger partial charge < -0.3 is 9.84 Å². The van der Waals surface area contributed by atoms with Gasteiger partial charge in [0, 0.05) is 12.1 Å². The van der Waals surface area contributed by atoms with E-state index in [0.29, 0.717) is 23.8 Å². The molecule has 1 aromatic rings. The molecule has 0 fully saturated rings. The van der Waals surface area contributed by atoms with Crippen LogP contribution >= 0.6 is 0 Å². The van der Waals surface area contributed by atoms with Gasteiger partial charge in [0.2, 0.25) is 10.0 Å². The number of ether oxygens (including phenoxy) is 1. The summed E-state index contributed by atoms with van der Waals surface area (Å²) in [4.78, 5) is 0.140. The van der Waals surface area contributed by atoms with Crippen LogP contribution in [0.25, 0.3) is 0 Å². The number of methoxy groups -OCH3 is 1. The van der Waals surface area contributed by atoms with Gasteiger partial charge >= 0.3 is 0 Å². The average molecular weight is 287 g/mol.